The van der Waals surface area contributed by atoms with Crippen LogP contribution in [0.5, 0.6) is 0 Å². The van der Waals surface area contributed by atoms with Crippen molar-refractivity contribution < 1.29 is 43.2 Å². The number of carbonyl (C=O) groups excluding carboxylic acids is 9. The van der Waals surface area contributed by atoms with E-state index in [1.165, 1.54) is 0 Å². The van der Waals surface area contributed by atoms with E-state index in [-0.39, 0.29) is 0 Å². The summed E-state index contributed by atoms with van der Waals surface area (Å²) in [6, 6.07) is 0. The lowest BCUT2D eigenvalue weighted by atomic mass is 9.84. The van der Waals surface area contributed by atoms with Crippen molar-refractivity contribution in [3.05, 3.63) is 110 Å². The molecule has 0 aliphatic heterocycles. The van der Waals surface area contributed by atoms with Crippen LogP contribution >= 0.6 is 0 Å². The van der Waals surface area contributed by atoms with Crippen molar-refractivity contribution in [2.45, 2.75) is 0 Å². The van der Waals surface area contributed by atoms with Crippen molar-refractivity contribution >= 4 is 52.0 Å². The molecule has 0 aromatic heterocycles. The predicted molar refractivity (Wildman–Crippen MR) is 129 cm³/mol. The summed E-state index contributed by atoms with van der Waals surface area (Å²) in [5.41, 5.74) is -6.15. The molecule has 0 aromatic rings. The Bertz CT molecular complexity index is 1250. The zero-order valence-corrected chi connectivity index (χ0v) is 19.1. The number of Topliss-reactive ketones (excluding diaryl/α,β-unsaturated/α-hetero) is 3. The van der Waals surface area contributed by atoms with Crippen molar-refractivity contribution in [3.63, 3.8) is 0 Å². The Labute approximate surface area is 205 Å². The molecular formula is C27H20O9. The minimum atomic E-state index is -1.99. The molecule has 0 aromatic carbocycles. The smallest absolute Gasteiger partial charge is 0.238 e. The highest BCUT2D eigenvalue weighted by Gasteiger charge is 2.39. The summed E-state index contributed by atoms with van der Waals surface area (Å²) in [4.78, 5) is 113. The van der Waals surface area contributed by atoms with Crippen LogP contribution in [0, 0.1) is 0 Å². The van der Waals surface area contributed by atoms with Gasteiger partial charge in [0, 0.05) is 0 Å². The zero-order chi connectivity index (χ0) is 28.3. The van der Waals surface area contributed by atoms with Crippen LogP contribution in [0.2, 0.25) is 0 Å². The number of hydrogen-bond acceptors (Lipinski definition) is 9. The van der Waals surface area contributed by atoms with Crippen LogP contribution in [0.3, 0.4) is 0 Å². The summed E-state index contributed by atoms with van der Waals surface area (Å²) >= 11 is 0. The summed E-state index contributed by atoms with van der Waals surface area (Å²) in [6.07, 6.45) is 3.29. The third-order valence-electron chi connectivity index (χ3n) is 4.30. The van der Waals surface area contributed by atoms with Crippen LogP contribution in [-0.4, -0.2) is 52.0 Å². The Balaban J connectivity index is 7.88. The molecule has 0 rings (SSSR count). The van der Waals surface area contributed by atoms with Crippen molar-refractivity contribution in [3.8, 4) is 0 Å². The van der Waals surface area contributed by atoms with Gasteiger partial charge in [0.15, 0.2) is 34.7 Å². The third kappa shape index (κ3) is 6.39. The number of rotatable bonds is 17. The maximum Gasteiger partial charge on any atom is 0.238 e. The van der Waals surface area contributed by atoms with Gasteiger partial charge in [0.2, 0.25) is 17.3 Å². The normalized spacial score (nSPS) is 9.22. The molecule has 182 valence electrons. The van der Waals surface area contributed by atoms with Crippen molar-refractivity contribution in [1.29, 1.82) is 0 Å². The average molecular weight is 488 g/mol. The van der Waals surface area contributed by atoms with E-state index in [4.69, 9.17) is 0 Å². The summed E-state index contributed by atoms with van der Waals surface area (Å²) in [6.45, 7) is 22.0. The van der Waals surface area contributed by atoms with Gasteiger partial charge in [-0.05, 0) is 36.5 Å². The molecule has 9 nitrogen and oxygen atoms in total. The third-order valence-corrected chi connectivity index (χ3v) is 4.30. The van der Waals surface area contributed by atoms with Crippen molar-refractivity contribution in [2.24, 2.45) is 0 Å². The average Bonchev–Trinajstić information content (AvgIpc) is 2.90. The molecule has 0 aliphatic rings. The first-order chi connectivity index (χ1) is 16.8. The second kappa shape index (κ2) is 13.4. The second-order valence-electron chi connectivity index (χ2n) is 6.38. The van der Waals surface area contributed by atoms with E-state index in [1.807, 2.05) is 0 Å². The van der Waals surface area contributed by atoms with Gasteiger partial charge in [0.05, 0.1) is 27.9 Å². The molecule has 0 spiro atoms. The molecule has 0 radical (unpaired) electrons. The Morgan fingerprint density at radius 3 is 0.889 bits per heavy atom. The van der Waals surface area contributed by atoms with Crippen LogP contribution in [-0.2, 0) is 43.2 Å². The number of hydrogen-bond donors (Lipinski definition) is 0. The van der Waals surface area contributed by atoms with E-state index in [9.17, 15) is 43.2 Å². The first kappa shape index (κ1) is 30.7. The van der Waals surface area contributed by atoms with E-state index in [1.54, 1.807) is 0 Å². The monoisotopic (exact) mass is 488 g/mol. The predicted octanol–water partition coefficient (Wildman–Crippen LogP) is 1.37. The van der Waals surface area contributed by atoms with Gasteiger partial charge in [-0.25, -0.2) is 0 Å². The molecule has 36 heavy (non-hydrogen) atoms. The molecule has 0 atom stereocenters. The molecule has 0 bridgehead atoms. The van der Waals surface area contributed by atoms with Gasteiger partial charge in [-0.3, -0.25) is 43.2 Å². The Kier molecular flexibility index (Phi) is 11.4. The summed E-state index contributed by atoms with van der Waals surface area (Å²) < 4.78 is 0. The van der Waals surface area contributed by atoms with Crippen LogP contribution in [0.15, 0.2) is 110 Å². The van der Waals surface area contributed by atoms with Crippen LogP contribution in [0.1, 0.15) is 0 Å². The van der Waals surface area contributed by atoms with E-state index in [0.29, 0.717) is 36.5 Å². The maximum atomic E-state index is 13.3. The standard InChI is InChI=1S/C27H20O9/c1-8-15(28)14(7)25(34)24(22(18(31)11-4)19(32)12-5)27(36)26(35)23(20(33)13-6)21(16(29)9-2)17(30)10-3/h8-13H,1-7H2. The minimum absolute atomic E-state index is 0.489. The highest BCUT2D eigenvalue weighted by Crippen LogP contribution is 2.21. The fourth-order valence-corrected chi connectivity index (χ4v) is 2.54. The van der Waals surface area contributed by atoms with Gasteiger partial charge in [0.1, 0.15) is 0 Å². The van der Waals surface area contributed by atoms with Crippen LogP contribution in [0.25, 0.3) is 0 Å². The lowest BCUT2D eigenvalue weighted by Crippen LogP contribution is -2.33. The molecular weight excluding hydrogens is 468 g/mol. The number of allylic oxidation sites excluding steroid dienone is 11. The van der Waals surface area contributed by atoms with E-state index < -0.39 is 79.9 Å². The molecule has 0 saturated carbocycles. The SMILES string of the molecule is C=CC(=O)C(=C)C(=O)C(C(=O)C(=O)C(C(=O)C=C)=C(C(=O)C=C)C(=O)C=C)=C(C(=O)C=C)C(=O)C=C. The van der Waals surface area contributed by atoms with Gasteiger partial charge in [-0.2, -0.15) is 0 Å². The fraction of sp³-hybridized carbons (Fsp3) is 0. The van der Waals surface area contributed by atoms with Crippen molar-refractivity contribution in [2.75, 3.05) is 0 Å². The molecule has 0 heterocycles. The van der Waals surface area contributed by atoms with E-state index >= 15 is 0 Å². The molecule has 0 fully saturated rings. The largest absolute Gasteiger partial charge is 0.289 e. The highest BCUT2D eigenvalue weighted by atomic mass is 16.2. The number of carbonyl (C=O) groups is 9. The van der Waals surface area contributed by atoms with E-state index in [2.05, 4.69) is 46.1 Å². The van der Waals surface area contributed by atoms with Crippen LogP contribution < -0.4 is 0 Å². The van der Waals surface area contributed by atoms with Gasteiger partial charge < -0.3 is 0 Å². The molecule has 9 heteroatoms. The molecule has 0 aliphatic carbocycles. The first-order valence-electron chi connectivity index (χ1n) is 9.62. The fourth-order valence-electron chi connectivity index (χ4n) is 2.54. The van der Waals surface area contributed by atoms with Gasteiger partial charge in [-0.1, -0.05) is 46.1 Å². The van der Waals surface area contributed by atoms with Gasteiger partial charge in [-0.15, -0.1) is 0 Å². The second-order valence-corrected chi connectivity index (χ2v) is 6.38. The highest BCUT2D eigenvalue weighted by molar-refractivity contribution is 6.63. The number of ketones is 9. The van der Waals surface area contributed by atoms with Crippen molar-refractivity contribution in [1.82, 2.24) is 0 Å². The topological polar surface area (TPSA) is 154 Å². The maximum absolute atomic E-state index is 13.3. The van der Waals surface area contributed by atoms with E-state index in [0.717, 1.165) is 0 Å². The Morgan fingerprint density at radius 1 is 0.333 bits per heavy atom. The molecule has 0 saturated heterocycles. The van der Waals surface area contributed by atoms with Crippen LogP contribution in [0.4, 0.5) is 0 Å². The lowest BCUT2D eigenvalue weighted by molar-refractivity contribution is -0.135. The quantitative estimate of drug-likeness (QED) is 0.128. The summed E-state index contributed by atoms with van der Waals surface area (Å²) in [5, 5.41) is 0. The zero-order valence-electron chi connectivity index (χ0n) is 19.1. The Morgan fingerprint density at radius 2 is 0.583 bits per heavy atom. The lowest BCUT2D eigenvalue weighted by Gasteiger charge is -2.12. The molecule has 0 N–H and O–H groups in total. The van der Waals surface area contributed by atoms with Gasteiger partial charge >= 0.3 is 0 Å². The Hall–Kier alpha value is -5.31. The van der Waals surface area contributed by atoms with Gasteiger partial charge in [0.25, 0.3) is 0 Å². The molecule has 0 amide bonds. The minimum Gasteiger partial charge on any atom is -0.289 e. The molecule has 0 unspecified atom stereocenters. The summed E-state index contributed by atoms with van der Waals surface area (Å²) in [5.74, 6) is -13.3. The first-order valence-corrected chi connectivity index (χ1v) is 9.62. The summed E-state index contributed by atoms with van der Waals surface area (Å²) in [7, 11) is 0.